The molecule has 2 bridgehead atoms. The van der Waals surface area contributed by atoms with Crippen LogP contribution in [-0.2, 0) is 38.0 Å². The number of hydrogen-bond acceptors (Lipinski definition) is 11. The van der Waals surface area contributed by atoms with Gasteiger partial charge in [-0.1, -0.05) is 27.7 Å². The van der Waals surface area contributed by atoms with Gasteiger partial charge in [-0.15, -0.1) is 0 Å². The molecular weight excluding hydrogens is 582 g/mol. The van der Waals surface area contributed by atoms with E-state index in [4.69, 9.17) is 33.2 Å². The van der Waals surface area contributed by atoms with Crippen LogP contribution in [0.1, 0.15) is 88.5 Å². The zero-order valence-corrected chi connectivity index (χ0v) is 29.1. The van der Waals surface area contributed by atoms with Crippen molar-refractivity contribution in [2.45, 2.75) is 161 Å². The van der Waals surface area contributed by atoms with E-state index in [0.29, 0.717) is 32.5 Å². The van der Waals surface area contributed by atoms with Gasteiger partial charge in [0.2, 0.25) is 0 Å². The molecule has 0 aromatic rings. The Morgan fingerprint density at radius 1 is 0.956 bits per heavy atom. The van der Waals surface area contributed by atoms with Crippen molar-refractivity contribution in [1.29, 1.82) is 0 Å². The maximum Gasteiger partial charge on any atom is 0.311 e. The van der Waals surface area contributed by atoms with Gasteiger partial charge in [0.25, 0.3) is 0 Å². The first-order valence-electron chi connectivity index (χ1n) is 17.3. The maximum absolute atomic E-state index is 13.8. The lowest BCUT2D eigenvalue weighted by atomic mass is 9.76. The van der Waals surface area contributed by atoms with Gasteiger partial charge in [0.05, 0.1) is 55.3 Å². The Morgan fingerprint density at radius 3 is 2.27 bits per heavy atom. The highest BCUT2D eigenvalue weighted by molar-refractivity contribution is 5.73. The standard InChI is InChI=1S/C34H59NO10/c1-11-24-34(10,45-32(7,8)43-24)29-22(6)27-18(2)17-33(9,44-27)28(20(4)25(36)21(5)30(38)41-29)42-31-26(37)23(16-19(3)40-31)35-12-14-39-15-13-35/h18-29,31,36-37H,11-17H2,1-10H3/t18?,19?,20-,21+,22-,23?,24+,25-,26?,27?,28+,29+,31-,33-,34+/m0/s1. The average Bonchev–Trinajstić information content (AvgIpc) is 3.44. The lowest BCUT2D eigenvalue weighted by Gasteiger charge is -2.48. The number of rotatable bonds is 5. The summed E-state index contributed by atoms with van der Waals surface area (Å²) in [5.41, 5.74) is -1.77. The summed E-state index contributed by atoms with van der Waals surface area (Å²) < 4.78 is 44.8. The van der Waals surface area contributed by atoms with Crippen molar-refractivity contribution in [3.05, 3.63) is 0 Å². The molecule has 5 rings (SSSR count). The number of cyclic esters (lactones) is 1. The highest BCUT2D eigenvalue weighted by Gasteiger charge is 2.61. The SMILES string of the molecule is CC[C@H]1OC(C)(C)O[C@@]1(C)[C@@H]1OC(=O)[C@H](C)[C@@H](O)[C@H](C)[C@@H](O[C@@H]2OC(C)CC(N3CCOCC3)C2O)[C@]2(C)CC(C)C(O2)[C@@H]1C. The Hall–Kier alpha value is -0.890. The first-order chi connectivity index (χ1) is 21.0. The van der Waals surface area contributed by atoms with Crippen molar-refractivity contribution in [3.63, 3.8) is 0 Å². The van der Waals surface area contributed by atoms with Crippen molar-refractivity contribution in [2.24, 2.45) is 23.7 Å². The predicted octanol–water partition coefficient (Wildman–Crippen LogP) is 3.27. The molecule has 45 heavy (non-hydrogen) atoms. The summed E-state index contributed by atoms with van der Waals surface area (Å²) in [4.78, 5) is 16.1. The van der Waals surface area contributed by atoms with Crippen LogP contribution in [0.5, 0.6) is 0 Å². The Balaban J connectivity index is 1.48. The number of morpholine rings is 1. The van der Waals surface area contributed by atoms with Crippen molar-refractivity contribution >= 4 is 5.97 Å². The second-order valence-electron chi connectivity index (χ2n) is 15.4. The fraction of sp³-hybridized carbons (Fsp3) is 0.971. The van der Waals surface area contributed by atoms with Crippen LogP contribution in [0.25, 0.3) is 0 Å². The minimum atomic E-state index is -1.11. The monoisotopic (exact) mass is 641 g/mol. The number of aliphatic hydroxyl groups excluding tert-OH is 2. The molecule has 5 saturated heterocycles. The van der Waals surface area contributed by atoms with E-state index in [1.807, 2.05) is 48.5 Å². The van der Waals surface area contributed by atoms with Crippen LogP contribution in [0, 0.1) is 23.7 Å². The molecule has 11 heteroatoms. The zero-order valence-electron chi connectivity index (χ0n) is 29.1. The van der Waals surface area contributed by atoms with E-state index in [1.54, 1.807) is 6.92 Å². The fourth-order valence-corrected chi connectivity index (χ4v) is 9.15. The number of ether oxygens (including phenoxy) is 7. The maximum atomic E-state index is 13.8. The molecule has 0 aromatic carbocycles. The lowest BCUT2D eigenvalue weighted by molar-refractivity contribution is -0.303. The van der Waals surface area contributed by atoms with Crippen LogP contribution < -0.4 is 0 Å². The van der Waals surface area contributed by atoms with Gasteiger partial charge in [-0.05, 0) is 66.7 Å². The second kappa shape index (κ2) is 13.2. The number of fused-ring (bicyclic) bond motifs is 2. The molecule has 15 atom stereocenters. The third-order valence-corrected chi connectivity index (χ3v) is 11.3. The van der Waals surface area contributed by atoms with Gasteiger partial charge < -0.3 is 43.4 Å². The molecule has 260 valence electrons. The molecular formula is C34H59NO10. The molecule has 5 aliphatic rings. The predicted molar refractivity (Wildman–Crippen MR) is 165 cm³/mol. The number of hydrogen-bond donors (Lipinski definition) is 2. The van der Waals surface area contributed by atoms with Gasteiger partial charge >= 0.3 is 5.97 Å². The number of esters is 1. The van der Waals surface area contributed by atoms with Crippen LogP contribution in [0.2, 0.25) is 0 Å². The highest BCUT2D eigenvalue weighted by atomic mass is 16.8. The van der Waals surface area contributed by atoms with Crippen LogP contribution >= 0.6 is 0 Å². The average molecular weight is 642 g/mol. The molecule has 0 radical (unpaired) electrons. The van der Waals surface area contributed by atoms with Gasteiger partial charge in [0, 0.05) is 31.0 Å². The molecule has 0 spiro atoms. The Bertz CT molecular complexity index is 1040. The highest BCUT2D eigenvalue weighted by Crippen LogP contribution is 2.50. The van der Waals surface area contributed by atoms with Gasteiger partial charge in [0.1, 0.15) is 17.8 Å². The summed E-state index contributed by atoms with van der Waals surface area (Å²) >= 11 is 0. The molecule has 0 saturated carbocycles. The third kappa shape index (κ3) is 6.72. The van der Waals surface area contributed by atoms with Crippen molar-refractivity contribution in [1.82, 2.24) is 4.90 Å². The van der Waals surface area contributed by atoms with Crippen LogP contribution in [0.4, 0.5) is 0 Å². The lowest BCUT2D eigenvalue weighted by Crippen LogP contribution is -2.61. The first kappa shape index (κ1) is 35.4. The minimum Gasteiger partial charge on any atom is -0.459 e. The first-order valence-corrected chi connectivity index (χ1v) is 17.3. The smallest absolute Gasteiger partial charge is 0.311 e. The van der Waals surface area contributed by atoms with Gasteiger partial charge in [0.15, 0.2) is 12.1 Å². The minimum absolute atomic E-state index is 0.0784. The summed E-state index contributed by atoms with van der Waals surface area (Å²) in [5.74, 6) is -2.93. The molecule has 2 N–H and O–H groups in total. The summed E-state index contributed by atoms with van der Waals surface area (Å²) in [6.07, 6.45) is -3.03. The Kier molecular flexibility index (Phi) is 10.4. The summed E-state index contributed by atoms with van der Waals surface area (Å²) in [7, 11) is 0. The second-order valence-corrected chi connectivity index (χ2v) is 15.4. The van der Waals surface area contributed by atoms with Gasteiger partial charge in [-0.25, -0.2) is 0 Å². The van der Waals surface area contributed by atoms with Crippen molar-refractivity contribution in [2.75, 3.05) is 26.3 Å². The zero-order chi connectivity index (χ0) is 33.1. The number of carbonyl (C=O) groups is 1. The molecule has 0 aliphatic carbocycles. The fourth-order valence-electron chi connectivity index (χ4n) is 9.15. The molecule has 5 heterocycles. The Morgan fingerprint density at radius 2 is 1.62 bits per heavy atom. The van der Waals surface area contributed by atoms with E-state index in [2.05, 4.69) is 18.7 Å². The quantitative estimate of drug-likeness (QED) is 0.430. The van der Waals surface area contributed by atoms with E-state index >= 15 is 0 Å². The summed E-state index contributed by atoms with van der Waals surface area (Å²) in [6, 6.07) is -0.144. The molecule has 0 amide bonds. The van der Waals surface area contributed by atoms with Crippen molar-refractivity contribution in [3.8, 4) is 0 Å². The normalized spacial score (nSPS) is 51.5. The number of carbonyl (C=O) groups excluding carboxylic acids is 1. The van der Waals surface area contributed by atoms with Gasteiger partial charge in [-0.3, -0.25) is 9.69 Å². The van der Waals surface area contributed by atoms with E-state index in [1.165, 1.54) is 0 Å². The number of aliphatic hydroxyl groups is 2. The molecule has 5 unspecified atom stereocenters. The van der Waals surface area contributed by atoms with Crippen LogP contribution in [0.3, 0.4) is 0 Å². The molecule has 5 aliphatic heterocycles. The topological polar surface area (TPSA) is 125 Å². The Labute approximate surface area is 269 Å². The summed E-state index contributed by atoms with van der Waals surface area (Å²) in [6.45, 7) is 22.3. The third-order valence-electron chi connectivity index (χ3n) is 11.3. The number of nitrogens with zero attached hydrogens (tertiary/aromatic N) is 1. The summed E-state index contributed by atoms with van der Waals surface area (Å²) in [5, 5.41) is 23.4. The van der Waals surface area contributed by atoms with E-state index < -0.39 is 65.5 Å². The largest absolute Gasteiger partial charge is 0.459 e. The van der Waals surface area contributed by atoms with E-state index in [9.17, 15) is 15.0 Å². The van der Waals surface area contributed by atoms with Crippen molar-refractivity contribution < 1.29 is 48.2 Å². The molecule has 5 fully saturated rings. The van der Waals surface area contributed by atoms with Crippen LogP contribution in [-0.4, -0.2) is 119 Å². The van der Waals surface area contributed by atoms with Gasteiger partial charge in [-0.2, -0.15) is 0 Å². The van der Waals surface area contributed by atoms with E-state index in [-0.39, 0.29) is 36.2 Å². The molecule has 0 aromatic heterocycles. The van der Waals surface area contributed by atoms with Crippen LogP contribution in [0.15, 0.2) is 0 Å². The van der Waals surface area contributed by atoms with E-state index in [0.717, 1.165) is 13.1 Å². The molecule has 11 nitrogen and oxygen atoms in total.